The standard InChI is InChI=1S/C13H16ClN/c1-9-4-10(2)13(11(3)5-9)6-12(7-14)8-15/h4-5,12H,6-7H2,1-3H3. The zero-order chi connectivity index (χ0) is 11.4. The number of nitriles is 1. The van der Waals surface area contributed by atoms with Crippen molar-refractivity contribution in [3.05, 3.63) is 34.4 Å². The molecule has 1 aromatic rings. The Morgan fingerprint density at radius 3 is 2.20 bits per heavy atom. The van der Waals surface area contributed by atoms with E-state index in [1.807, 2.05) is 0 Å². The molecule has 15 heavy (non-hydrogen) atoms. The number of alkyl halides is 1. The fraction of sp³-hybridized carbons (Fsp3) is 0.462. The Balaban J connectivity index is 3.00. The molecule has 0 saturated heterocycles. The first-order valence-electron chi connectivity index (χ1n) is 5.10. The van der Waals surface area contributed by atoms with Crippen LogP contribution in [0, 0.1) is 38.0 Å². The number of aryl methyl sites for hydroxylation is 3. The van der Waals surface area contributed by atoms with Crippen molar-refractivity contribution in [2.45, 2.75) is 27.2 Å². The molecule has 0 heterocycles. The lowest BCUT2D eigenvalue weighted by Gasteiger charge is -2.13. The first-order valence-corrected chi connectivity index (χ1v) is 5.64. The fourth-order valence-corrected chi connectivity index (χ4v) is 2.09. The van der Waals surface area contributed by atoms with Crippen LogP contribution in [0.3, 0.4) is 0 Å². The van der Waals surface area contributed by atoms with Gasteiger partial charge in [0.2, 0.25) is 0 Å². The maximum Gasteiger partial charge on any atom is 0.0671 e. The zero-order valence-corrected chi connectivity index (χ0v) is 10.2. The van der Waals surface area contributed by atoms with Gasteiger partial charge in [0.15, 0.2) is 0 Å². The van der Waals surface area contributed by atoms with Crippen molar-refractivity contribution in [3.63, 3.8) is 0 Å². The largest absolute Gasteiger partial charge is 0.198 e. The Morgan fingerprint density at radius 2 is 1.80 bits per heavy atom. The van der Waals surface area contributed by atoms with Crippen LogP contribution >= 0.6 is 11.6 Å². The molecule has 0 aliphatic carbocycles. The van der Waals surface area contributed by atoms with E-state index in [-0.39, 0.29) is 5.92 Å². The van der Waals surface area contributed by atoms with Gasteiger partial charge in [-0.05, 0) is 43.9 Å². The molecule has 2 heteroatoms. The second kappa shape index (κ2) is 5.19. The van der Waals surface area contributed by atoms with Gasteiger partial charge in [0.25, 0.3) is 0 Å². The van der Waals surface area contributed by atoms with Gasteiger partial charge >= 0.3 is 0 Å². The molecule has 80 valence electrons. The summed E-state index contributed by atoms with van der Waals surface area (Å²) in [5, 5.41) is 8.89. The van der Waals surface area contributed by atoms with Crippen molar-refractivity contribution < 1.29 is 0 Å². The van der Waals surface area contributed by atoms with Crippen molar-refractivity contribution in [1.82, 2.24) is 0 Å². The minimum Gasteiger partial charge on any atom is -0.198 e. The molecule has 0 aliphatic heterocycles. The maximum absolute atomic E-state index is 8.89. The Bertz CT molecular complexity index is 367. The van der Waals surface area contributed by atoms with Crippen LogP contribution in [0.1, 0.15) is 22.3 Å². The summed E-state index contributed by atoms with van der Waals surface area (Å²) in [6.07, 6.45) is 0.762. The molecule has 0 bridgehead atoms. The second-order valence-electron chi connectivity index (χ2n) is 4.06. The molecule has 1 unspecified atom stereocenters. The summed E-state index contributed by atoms with van der Waals surface area (Å²) >= 11 is 5.73. The first-order chi connectivity index (χ1) is 7.08. The maximum atomic E-state index is 8.89. The summed E-state index contributed by atoms with van der Waals surface area (Å²) in [6.45, 7) is 6.28. The minimum atomic E-state index is -0.0771. The molecule has 0 amide bonds. The molecular weight excluding hydrogens is 206 g/mol. The average molecular weight is 222 g/mol. The summed E-state index contributed by atoms with van der Waals surface area (Å²) in [5.41, 5.74) is 5.07. The molecule has 0 radical (unpaired) electrons. The molecule has 0 aliphatic rings. The highest BCUT2D eigenvalue weighted by molar-refractivity contribution is 6.18. The lowest BCUT2D eigenvalue weighted by Crippen LogP contribution is -2.06. The Labute approximate surface area is 96.7 Å². The van der Waals surface area contributed by atoms with E-state index in [1.54, 1.807) is 0 Å². The number of hydrogen-bond donors (Lipinski definition) is 0. The van der Waals surface area contributed by atoms with Gasteiger partial charge in [-0.25, -0.2) is 0 Å². The molecule has 0 spiro atoms. The predicted molar refractivity (Wildman–Crippen MR) is 64.2 cm³/mol. The van der Waals surface area contributed by atoms with Gasteiger partial charge in [-0.3, -0.25) is 0 Å². The Morgan fingerprint density at radius 1 is 1.27 bits per heavy atom. The van der Waals surface area contributed by atoms with E-state index >= 15 is 0 Å². The quantitative estimate of drug-likeness (QED) is 0.717. The highest BCUT2D eigenvalue weighted by atomic mass is 35.5. The van der Waals surface area contributed by atoms with Gasteiger partial charge in [0.05, 0.1) is 12.0 Å². The fourth-order valence-electron chi connectivity index (χ4n) is 1.91. The molecule has 0 fully saturated rings. The van der Waals surface area contributed by atoms with Gasteiger partial charge in [0.1, 0.15) is 0 Å². The van der Waals surface area contributed by atoms with Crippen molar-refractivity contribution in [2.24, 2.45) is 5.92 Å². The van der Waals surface area contributed by atoms with Crippen LogP contribution in [0.5, 0.6) is 0 Å². The number of rotatable bonds is 3. The van der Waals surface area contributed by atoms with Crippen molar-refractivity contribution in [2.75, 3.05) is 5.88 Å². The third kappa shape index (κ3) is 2.97. The highest BCUT2D eigenvalue weighted by Gasteiger charge is 2.11. The Hall–Kier alpha value is -1.00. The number of nitrogens with zero attached hydrogens (tertiary/aromatic N) is 1. The zero-order valence-electron chi connectivity index (χ0n) is 9.47. The van der Waals surface area contributed by atoms with E-state index in [0.717, 1.165) is 6.42 Å². The molecule has 1 nitrogen and oxygen atoms in total. The van der Waals surface area contributed by atoms with E-state index in [0.29, 0.717) is 5.88 Å². The topological polar surface area (TPSA) is 23.8 Å². The van der Waals surface area contributed by atoms with Gasteiger partial charge in [-0.2, -0.15) is 5.26 Å². The van der Waals surface area contributed by atoms with Crippen molar-refractivity contribution in [1.29, 1.82) is 5.26 Å². The number of benzene rings is 1. The van der Waals surface area contributed by atoms with Crippen LogP contribution in [-0.2, 0) is 6.42 Å². The van der Waals surface area contributed by atoms with Crippen LogP contribution in [0.15, 0.2) is 12.1 Å². The molecule has 0 N–H and O–H groups in total. The highest BCUT2D eigenvalue weighted by Crippen LogP contribution is 2.20. The lowest BCUT2D eigenvalue weighted by atomic mass is 9.93. The van der Waals surface area contributed by atoms with Gasteiger partial charge < -0.3 is 0 Å². The Kier molecular flexibility index (Phi) is 4.17. The summed E-state index contributed by atoms with van der Waals surface area (Å²) < 4.78 is 0. The van der Waals surface area contributed by atoms with Crippen molar-refractivity contribution >= 4 is 11.6 Å². The molecule has 1 rings (SSSR count). The van der Waals surface area contributed by atoms with Gasteiger partial charge in [-0.1, -0.05) is 17.7 Å². The minimum absolute atomic E-state index is 0.0771. The van der Waals surface area contributed by atoms with Gasteiger partial charge in [0, 0.05) is 5.88 Å². The molecular formula is C13H16ClN. The predicted octanol–water partition coefficient (Wildman–Crippen LogP) is 3.53. The summed E-state index contributed by atoms with van der Waals surface area (Å²) in [4.78, 5) is 0. The van der Waals surface area contributed by atoms with E-state index < -0.39 is 0 Å². The van der Waals surface area contributed by atoms with Crippen LogP contribution in [0.2, 0.25) is 0 Å². The van der Waals surface area contributed by atoms with Crippen LogP contribution in [0.25, 0.3) is 0 Å². The summed E-state index contributed by atoms with van der Waals surface area (Å²) in [6, 6.07) is 6.55. The van der Waals surface area contributed by atoms with Gasteiger partial charge in [-0.15, -0.1) is 11.6 Å². The van der Waals surface area contributed by atoms with E-state index in [2.05, 4.69) is 39.0 Å². The third-order valence-corrected chi connectivity index (χ3v) is 3.03. The number of halogens is 1. The van der Waals surface area contributed by atoms with Crippen LogP contribution in [-0.4, -0.2) is 5.88 Å². The second-order valence-corrected chi connectivity index (χ2v) is 4.37. The van der Waals surface area contributed by atoms with Crippen LogP contribution < -0.4 is 0 Å². The molecule has 1 atom stereocenters. The van der Waals surface area contributed by atoms with Crippen molar-refractivity contribution in [3.8, 4) is 6.07 Å². The molecule has 0 saturated carbocycles. The van der Waals surface area contributed by atoms with E-state index in [1.165, 1.54) is 22.3 Å². The summed E-state index contributed by atoms with van der Waals surface area (Å²) in [5.74, 6) is 0.329. The summed E-state index contributed by atoms with van der Waals surface area (Å²) in [7, 11) is 0. The van der Waals surface area contributed by atoms with E-state index in [4.69, 9.17) is 16.9 Å². The SMILES string of the molecule is Cc1cc(C)c(CC(C#N)CCl)c(C)c1. The van der Waals surface area contributed by atoms with E-state index in [9.17, 15) is 0 Å². The smallest absolute Gasteiger partial charge is 0.0671 e. The van der Waals surface area contributed by atoms with Crippen LogP contribution in [0.4, 0.5) is 0 Å². The lowest BCUT2D eigenvalue weighted by molar-refractivity contribution is 0.738. The molecule has 1 aromatic carbocycles. The normalized spacial score (nSPS) is 12.2. The number of hydrogen-bond acceptors (Lipinski definition) is 1. The average Bonchev–Trinajstić information content (AvgIpc) is 2.17. The monoisotopic (exact) mass is 221 g/mol. The third-order valence-electron chi connectivity index (χ3n) is 2.66. The first kappa shape index (κ1) is 12.1. The molecule has 0 aromatic heterocycles.